The average molecular weight is 267 g/mol. The van der Waals surface area contributed by atoms with Crippen molar-refractivity contribution in [3.8, 4) is 5.75 Å². The number of rotatable bonds is 8. The number of amides is 1. The summed E-state index contributed by atoms with van der Waals surface area (Å²) in [6.07, 6.45) is 1.84. The van der Waals surface area contributed by atoms with E-state index in [1.807, 2.05) is 13.8 Å². The number of carbonyl (C=O) groups is 1. The first-order chi connectivity index (χ1) is 9.22. The number of hydrogen-bond donors (Lipinski definition) is 3. The van der Waals surface area contributed by atoms with Crippen LogP contribution in [0.15, 0.2) is 6.33 Å². The fourth-order valence-electron chi connectivity index (χ4n) is 1.57. The quantitative estimate of drug-likeness (QED) is 0.647. The van der Waals surface area contributed by atoms with Crippen LogP contribution in [0, 0.1) is 0 Å². The van der Waals surface area contributed by atoms with E-state index >= 15 is 0 Å². The van der Waals surface area contributed by atoms with Gasteiger partial charge < -0.3 is 20.7 Å². The molecule has 0 unspecified atom stereocenters. The van der Waals surface area contributed by atoms with E-state index in [0.29, 0.717) is 36.9 Å². The van der Waals surface area contributed by atoms with Crippen molar-refractivity contribution in [2.45, 2.75) is 20.3 Å². The van der Waals surface area contributed by atoms with Gasteiger partial charge in [-0.3, -0.25) is 4.79 Å². The van der Waals surface area contributed by atoms with Crippen LogP contribution in [0.4, 0.5) is 11.6 Å². The number of hydrogen-bond acceptors (Lipinski definition) is 6. The van der Waals surface area contributed by atoms with Gasteiger partial charge in [-0.15, -0.1) is 0 Å². The van der Waals surface area contributed by atoms with Crippen LogP contribution in [0.2, 0.25) is 0 Å². The largest absolute Gasteiger partial charge is 0.490 e. The number of anilines is 2. The maximum Gasteiger partial charge on any atom is 0.221 e. The monoisotopic (exact) mass is 267 g/mol. The van der Waals surface area contributed by atoms with Crippen LogP contribution in [0.3, 0.4) is 0 Å². The Morgan fingerprint density at radius 2 is 1.89 bits per heavy atom. The van der Waals surface area contributed by atoms with E-state index in [0.717, 1.165) is 6.54 Å². The highest BCUT2D eigenvalue weighted by molar-refractivity contribution is 5.76. The third-order valence-electron chi connectivity index (χ3n) is 2.37. The molecule has 0 atom stereocenters. The number of carbonyl (C=O) groups excluding carboxylic acids is 1. The summed E-state index contributed by atoms with van der Waals surface area (Å²) in [5.74, 6) is 1.79. The highest BCUT2D eigenvalue weighted by atomic mass is 16.5. The summed E-state index contributed by atoms with van der Waals surface area (Å²) in [5.41, 5.74) is 0. The van der Waals surface area contributed by atoms with E-state index in [1.54, 1.807) is 7.11 Å². The molecule has 0 bridgehead atoms. The number of nitrogens with zero attached hydrogens (tertiary/aromatic N) is 2. The SMILES string of the molecule is CCNC(=O)CCNc1ncnc(NCC)c1OC. The van der Waals surface area contributed by atoms with Crippen molar-refractivity contribution in [2.75, 3.05) is 37.4 Å². The Balaban J connectivity index is 2.62. The van der Waals surface area contributed by atoms with E-state index in [1.165, 1.54) is 6.33 Å². The summed E-state index contributed by atoms with van der Waals surface area (Å²) >= 11 is 0. The fourth-order valence-corrected chi connectivity index (χ4v) is 1.57. The second kappa shape index (κ2) is 8.12. The minimum atomic E-state index is 0.00919. The number of nitrogens with one attached hydrogen (secondary N) is 3. The first-order valence-corrected chi connectivity index (χ1v) is 6.36. The summed E-state index contributed by atoms with van der Waals surface area (Å²) < 4.78 is 5.28. The Morgan fingerprint density at radius 3 is 2.47 bits per heavy atom. The van der Waals surface area contributed by atoms with Crippen molar-refractivity contribution in [1.29, 1.82) is 0 Å². The lowest BCUT2D eigenvalue weighted by atomic mass is 10.3. The topological polar surface area (TPSA) is 88.2 Å². The third kappa shape index (κ3) is 4.61. The minimum absolute atomic E-state index is 0.00919. The molecule has 1 aromatic heterocycles. The third-order valence-corrected chi connectivity index (χ3v) is 2.37. The summed E-state index contributed by atoms with van der Waals surface area (Å²) in [7, 11) is 1.56. The molecule has 0 aromatic carbocycles. The molecule has 0 saturated heterocycles. The lowest BCUT2D eigenvalue weighted by Gasteiger charge is -2.13. The zero-order valence-electron chi connectivity index (χ0n) is 11.6. The van der Waals surface area contributed by atoms with Gasteiger partial charge in [0.2, 0.25) is 11.7 Å². The standard InChI is InChI=1S/C12H21N5O2/c1-4-13-9(18)6-7-15-12-10(19-3)11(14-5-2)16-8-17-12/h8H,4-7H2,1-3H3,(H,13,18)(H2,14,15,16,17). The first-order valence-electron chi connectivity index (χ1n) is 6.36. The molecule has 1 amide bonds. The molecule has 0 aliphatic rings. The number of methoxy groups -OCH3 is 1. The van der Waals surface area contributed by atoms with Gasteiger partial charge >= 0.3 is 0 Å². The van der Waals surface area contributed by atoms with Crippen molar-refractivity contribution in [3.05, 3.63) is 6.33 Å². The Hall–Kier alpha value is -2.05. The molecule has 7 heteroatoms. The Bertz CT molecular complexity index is 411. The molecular formula is C12H21N5O2. The summed E-state index contributed by atoms with van der Waals surface area (Å²) in [5, 5.41) is 8.90. The predicted molar refractivity (Wildman–Crippen MR) is 74.5 cm³/mol. The second-order valence-corrected chi connectivity index (χ2v) is 3.76. The summed E-state index contributed by atoms with van der Waals surface area (Å²) in [6, 6.07) is 0. The van der Waals surface area contributed by atoms with Crippen LogP contribution < -0.4 is 20.7 Å². The summed E-state index contributed by atoms with van der Waals surface area (Å²) in [4.78, 5) is 19.6. The van der Waals surface area contributed by atoms with Crippen LogP contribution in [0.1, 0.15) is 20.3 Å². The van der Waals surface area contributed by atoms with Crippen molar-refractivity contribution >= 4 is 17.5 Å². The molecule has 0 spiro atoms. The predicted octanol–water partition coefficient (Wildman–Crippen LogP) is 0.855. The van der Waals surface area contributed by atoms with Gasteiger partial charge in [-0.05, 0) is 13.8 Å². The lowest BCUT2D eigenvalue weighted by Crippen LogP contribution is -2.25. The summed E-state index contributed by atoms with van der Waals surface area (Å²) in [6.45, 7) is 5.74. The molecule has 0 aliphatic carbocycles. The molecule has 0 aliphatic heterocycles. The number of ether oxygens (including phenoxy) is 1. The highest BCUT2D eigenvalue weighted by Crippen LogP contribution is 2.28. The first kappa shape index (κ1) is 15.0. The second-order valence-electron chi connectivity index (χ2n) is 3.76. The van der Waals surface area contributed by atoms with Gasteiger partial charge in [0.25, 0.3) is 0 Å². The zero-order chi connectivity index (χ0) is 14.1. The molecule has 0 saturated carbocycles. The van der Waals surface area contributed by atoms with E-state index in [4.69, 9.17) is 4.74 Å². The van der Waals surface area contributed by atoms with Crippen molar-refractivity contribution in [3.63, 3.8) is 0 Å². The van der Waals surface area contributed by atoms with Crippen LogP contribution in [0.5, 0.6) is 5.75 Å². The van der Waals surface area contributed by atoms with E-state index in [-0.39, 0.29) is 5.91 Å². The molecule has 1 rings (SSSR count). The van der Waals surface area contributed by atoms with Crippen molar-refractivity contribution in [2.24, 2.45) is 0 Å². The van der Waals surface area contributed by atoms with Crippen LogP contribution >= 0.6 is 0 Å². The highest BCUT2D eigenvalue weighted by Gasteiger charge is 2.11. The maximum absolute atomic E-state index is 11.3. The molecule has 19 heavy (non-hydrogen) atoms. The Labute approximate surface area is 113 Å². The minimum Gasteiger partial charge on any atom is -0.490 e. The molecule has 1 heterocycles. The van der Waals surface area contributed by atoms with E-state index < -0.39 is 0 Å². The van der Waals surface area contributed by atoms with E-state index in [2.05, 4.69) is 25.9 Å². The Kier molecular flexibility index (Phi) is 6.42. The van der Waals surface area contributed by atoms with Gasteiger partial charge in [0.05, 0.1) is 7.11 Å². The molecule has 106 valence electrons. The molecule has 0 fully saturated rings. The van der Waals surface area contributed by atoms with Gasteiger partial charge in [-0.2, -0.15) is 0 Å². The van der Waals surface area contributed by atoms with Gasteiger partial charge in [0, 0.05) is 26.1 Å². The maximum atomic E-state index is 11.3. The average Bonchev–Trinajstić information content (AvgIpc) is 2.40. The van der Waals surface area contributed by atoms with Crippen molar-refractivity contribution < 1.29 is 9.53 Å². The van der Waals surface area contributed by atoms with Gasteiger partial charge in [-0.1, -0.05) is 0 Å². The molecular weight excluding hydrogens is 246 g/mol. The molecule has 1 aromatic rings. The molecule has 0 radical (unpaired) electrons. The Morgan fingerprint density at radius 1 is 1.21 bits per heavy atom. The molecule has 3 N–H and O–H groups in total. The zero-order valence-corrected chi connectivity index (χ0v) is 11.6. The van der Waals surface area contributed by atoms with Crippen molar-refractivity contribution in [1.82, 2.24) is 15.3 Å². The van der Waals surface area contributed by atoms with Gasteiger partial charge in [0.1, 0.15) is 6.33 Å². The van der Waals surface area contributed by atoms with Crippen LogP contribution in [0.25, 0.3) is 0 Å². The normalized spacial score (nSPS) is 9.84. The fraction of sp³-hybridized carbons (Fsp3) is 0.583. The molecule has 7 nitrogen and oxygen atoms in total. The smallest absolute Gasteiger partial charge is 0.221 e. The number of aromatic nitrogens is 2. The van der Waals surface area contributed by atoms with E-state index in [9.17, 15) is 4.79 Å². The van der Waals surface area contributed by atoms with Crippen LogP contribution in [-0.2, 0) is 4.79 Å². The van der Waals surface area contributed by atoms with Gasteiger partial charge in [-0.25, -0.2) is 9.97 Å². The van der Waals surface area contributed by atoms with Gasteiger partial charge in [0.15, 0.2) is 11.6 Å². The lowest BCUT2D eigenvalue weighted by molar-refractivity contribution is -0.120. The van der Waals surface area contributed by atoms with Crippen LogP contribution in [-0.4, -0.2) is 42.6 Å².